The highest BCUT2D eigenvalue weighted by Gasteiger charge is 2.20. The van der Waals surface area contributed by atoms with Crippen molar-refractivity contribution in [3.63, 3.8) is 0 Å². The Labute approximate surface area is 185 Å². The molecule has 3 heterocycles. The number of carbonyl (C=O) groups excluding carboxylic acids is 1. The number of rotatable bonds is 7. The van der Waals surface area contributed by atoms with Crippen molar-refractivity contribution in [2.75, 3.05) is 30.3 Å². The van der Waals surface area contributed by atoms with Crippen LogP contribution in [-0.2, 0) is 6.54 Å². The van der Waals surface area contributed by atoms with E-state index >= 15 is 0 Å². The van der Waals surface area contributed by atoms with Gasteiger partial charge in [-0.3, -0.25) is 4.79 Å². The lowest BCUT2D eigenvalue weighted by Gasteiger charge is -2.28. The van der Waals surface area contributed by atoms with Gasteiger partial charge in [-0.15, -0.1) is 0 Å². The van der Waals surface area contributed by atoms with E-state index in [0.717, 1.165) is 40.9 Å². The maximum atomic E-state index is 12.3. The Hall–Kier alpha value is -2.32. The molecule has 1 amide bonds. The molecule has 0 saturated carbocycles. The average Bonchev–Trinajstić information content (AvgIpc) is 3.17. The summed E-state index contributed by atoms with van der Waals surface area (Å²) < 4.78 is 1.85. The number of amides is 1. The van der Waals surface area contributed by atoms with Crippen LogP contribution in [0.1, 0.15) is 36.5 Å². The van der Waals surface area contributed by atoms with E-state index in [9.17, 15) is 4.79 Å². The van der Waals surface area contributed by atoms with Crippen LogP contribution in [0.25, 0.3) is 11.0 Å². The lowest BCUT2D eigenvalue weighted by atomic mass is 10.1. The van der Waals surface area contributed by atoms with Crippen LogP contribution in [0.3, 0.4) is 0 Å². The molecule has 1 aromatic carbocycles. The fourth-order valence-electron chi connectivity index (χ4n) is 3.60. The number of halogens is 1. The Kier molecular flexibility index (Phi) is 6.74. The number of piperidine rings is 1. The minimum atomic E-state index is -0.131. The third kappa shape index (κ3) is 4.70. The molecule has 0 bridgehead atoms. The first kappa shape index (κ1) is 20.9. The number of hydrogen-bond acceptors (Lipinski definition) is 6. The summed E-state index contributed by atoms with van der Waals surface area (Å²) in [6, 6.07) is 6.85. The van der Waals surface area contributed by atoms with Gasteiger partial charge in [0.05, 0.1) is 18.1 Å². The Morgan fingerprint density at radius 1 is 1.17 bits per heavy atom. The molecular formula is C21H25ClN6OS. The predicted octanol–water partition coefficient (Wildman–Crippen LogP) is 4.01. The van der Waals surface area contributed by atoms with Gasteiger partial charge in [-0.2, -0.15) is 5.10 Å². The van der Waals surface area contributed by atoms with Crippen LogP contribution in [0.2, 0.25) is 5.02 Å². The van der Waals surface area contributed by atoms with Crippen LogP contribution in [0.5, 0.6) is 0 Å². The van der Waals surface area contributed by atoms with Crippen molar-refractivity contribution in [3.8, 4) is 0 Å². The summed E-state index contributed by atoms with van der Waals surface area (Å²) in [5.74, 6) is 1.76. The first-order valence-electron chi connectivity index (χ1n) is 10.3. The molecule has 1 aliphatic rings. The molecule has 0 unspecified atom stereocenters. The lowest BCUT2D eigenvalue weighted by molar-refractivity contribution is 0.0952. The molecule has 1 aliphatic heterocycles. The second kappa shape index (κ2) is 9.66. The van der Waals surface area contributed by atoms with Gasteiger partial charge in [-0.05, 0) is 49.3 Å². The first-order chi connectivity index (χ1) is 14.7. The molecule has 158 valence electrons. The van der Waals surface area contributed by atoms with Crippen molar-refractivity contribution in [3.05, 3.63) is 41.0 Å². The van der Waals surface area contributed by atoms with Gasteiger partial charge in [0.15, 0.2) is 10.8 Å². The highest BCUT2D eigenvalue weighted by Crippen LogP contribution is 2.29. The van der Waals surface area contributed by atoms with E-state index in [2.05, 4.69) is 22.2 Å². The maximum Gasteiger partial charge on any atom is 0.251 e. The molecule has 0 aliphatic carbocycles. The van der Waals surface area contributed by atoms with Gasteiger partial charge < -0.3 is 10.2 Å². The average molecular weight is 445 g/mol. The highest BCUT2D eigenvalue weighted by molar-refractivity contribution is 7.99. The summed E-state index contributed by atoms with van der Waals surface area (Å²) in [4.78, 5) is 24.2. The van der Waals surface area contributed by atoms with Gasteiger partial charge in [0.25, 0.3) is 5.91 Å². The number of nitrogens with zero attached hydrogens (tertiary/aromatic N) is 5. The third-order valence-corrected chi connectivity index (χ3v) is 6.08. The summed E-state index contributed by atoms with van der Waals surface area (Å²) in [5.41, 5.74) is 1.41. The van der Waals surface area contributed by atoms with Crippen molar-refractivity contribution < 1.29 is 4.79 Å². The zero-order valence-electron chi connectivity index (χ0n) is 17.0. The van der Waals surface area contributed by atoms with Gasteiger partial charge in [0, 0.05) is 30.2 Å². The minimum absolute atomic E-state index is 0.131. The number of hydrogen-bond donors (Lipinski definition) is 1. The molecule has 1 fully saturated rings. The minimum Gasteiger partial charge on any atom is -0.356 e. The molecule has 0 radical (unpaired) electrons. The van der Waals surface area contributed by atoms with Crippen LogP contribution >= 0.6 is 23.4 Å². The smallest absolute Gasteiger partial charge is 0.251 e. The van der Waals surface area contributed by atoms with E-state index in [0.29, 0.717) is 23.7 Å². The summed E-state index contributed by atoms with van der Waals surface area (Å²) in [6.45, 7) is 5.13. The molecule has 2 aromatic heterocycles. The molecule has 30 heavy (non-hydrogen) atoms. The van der Waals surface area contributed by atoms with E-state index in [1.54, 1.807) is 36.0 Å². The number of aromatic nitrogens is 4. The second-order valence-electron chi connectivity index (χ2n) is 7.18. The lowest BCUT2D eigenvalue weighted by Crippen LogP contribution is -2.30. The molecule has 0 atom stereocenters. The van der Waals surface area contributed by atoms with Crippen LogP contribution in [-0.4, -0.2) is 51.0 Å². The van der Waals surface area contributed by atoms with E-state index in [4.69, 9.17) is 21.6 Å². The quantitative estimate of drug-likeness (QED) is 0.438. The Morgan fingerprint density at radius 3 is 2.67 bits per heavy atom. The van der Waals surface area contributed by atoms with E-state index in [1.807, 2.05) is 10.9 Å². The fraction of sp³-hybridized carbons (Fsp3) is 0.429. The standard InChI is InChI=1S/C21H25ClN6OS/c1-2-30-21-25-18(27-11-4-3-5-12-27)17-14-24-28(19(17)26-21)13-10-23-20(29)15-6-8-16(22)9-7-15/h6-9,14H,2-5,10-13H2,1H3,(H,23,29). The topological polar surface area (TPSA) is 75.9 Å². The van der Waals surface area contributed by atoms with Crippen LogP contribution < -0.4 is 10.2 Å². The summed E-state index contributed by atoms with van der Waals surface area (Å²) in [6.07, 6.45) is 5.49. The number of carbonyl (C=O) groups is 1. The molecule has 4 rings (SSSR count). The molecule has 1 N–H and O–H groups in total. The molecule has 7 nitrogen and oxygen atoms in total. The van der Waals surface area contributed by atoms with Crippen LogP contribution in [0.15, 0.2) is 35.6 Å². The number of nitrogens with one attached hydrogen (secondary N) is 1. The zero-order valence-corrected chi connectivity index (χ0v) is 18.5. The van der Waals surface area contributed by atoms with Gasteiger partial charge in [-0.1, -0.05) is 30.3 Å². The first-order valence-corrected chi connectivity index (χ1v) is 11.7. The zero-order chi connectivity index (χ0) is 20.9. The van der Waals surface area contributed by atoms with E-state index in [-0.39, 0.29) is 5.91 Å². The van der Waals surface area contributed by atoms with Crippen molar-refractivity contribution in [2.24, 2.45) is 0 Å². The van der Waals surface area contributed by atoms with Gasteiger partial charge in [0.2, 0.25) is 0 Å². The van der Waals surface area contributed by atoms with E-state index in [1.165, 1.54) is 19.3 Å². The third-order valence-electron chi connectivity index (χ3n) is 5.10. The summed E-state index contributed by atoms with van der Waals surface area (Å²) >= 11 is 7.52. The highest BCUT2D eigenvalue weighted by atomic mass is 35.5. The SMILES string of the molecule is CCSc1nc(N2CCCCC2)c2cnn(CCNC(=O)c3ccc(Cl)cc3)c2n1. The molecule has 9 heteroatoms. The number of benzene rings is 1. The second-order valence-corrected chi connectivity index (χ2v) is 8.85. The van der Waals surface area contributed by atoms with Crippen molar-refractivity contribution in [1.29, 1.82) is 0 Å². The fourth-order valence-corrected chi connectivity index (χ4v) is 4.29. The van der Waals surface area contributed by atoms with Gasteiger partial charge >= 0.3 is 0 Å². The normalized spacial score (nSPS) is 14.3. The summed E-state index contributed by atoms with van der Waals surface area (Å²) in [7, 11) is 0. The van der Waals surface area contributed by atoms with Crippen molar-refractivity contribution >= 4 is 46.1 Å². The largest absolute Gasteiger partial charge is 0.356 e. The van der Waals surface area contributed by atoms with Gasteiger partial charge in [0.1, 0.15) is 5.82 Å². The summed E-state index contributed by atoms with van der Waals surface area (Å²) in [5, 5.41) is 9.84. The predicted molar refractivity (Wildman–Crippen MR) is 122 cm³/mol. The maximum absolute atomic E-state index is 12.3. The van der Waals surface area contributed by atoms with Crippen LogP contribution in [0, 0.1) is 0 Å². The van der Waals surface area contributed by atoms with Crippen molar-refractivity contribution in [1.82, 2.24) is 25.1 Å². The molecular weight excluding hydrogens is 420 g/mol. The molecule has 3 aromatic rings. The van der Waals surface area contributed by atoms with Crippen molar-refractivity contribution in [2.45, 2.75) is 37.9 Å². The Balaban J connectivity index is 1.51. The van der Waals surface area contributed by atoms with Gasteiger partial charge in [-0.25, -0.2) is 14.6 Å². The van der Waals surface area contributed by atoms with E-state index < -0.39 is 0 Å². The number of anilines is 1. The Morgan fingerprint density at radius 2 is 1.93 bits per heavy atom. The molecule has 0 spiro atoms. The number of fused-ring (bicyclic) bond motifs is 1. The monoisotopic (exact) mass is 444 g/mol. The van der Waals surface area contributed by atoms with Crippen LogP contribution in [0.4, 0.5) is 5.82 Å². The number of thioether (sulfide) groups is 1. The Bertz CT molecular complexity index is 1020. The molecule has 1 saturated heterocycles.